The standard InChI is InChI=1S/C21H28N2O4/c1-26-18-5-3-4-17(11-18)23-20(25)19(24)22-12-21(27-2)15-7-13-6-14(9-15)10-16(21)8-13/h3-5,11,13-16H,6-10,12H2,1-2H3,(H,22,24)(H,23,25). The van der Waals surface area contributed by atoms with Gasteiger partial charge in [0.05, 0.1) is 12.7 Å². The van der Waals surface area contributed by atoms with E-state index in [9.17, 15) is 9.59 Å². The summed E-state index contributed by atoms with van der Waals surface area (Å²) >= 11 is 0. The molecule has 4 saturated carbocycles. The summed E-state index contributed by atoms with van der Waals surface area (Å²) in [5.41, 5.74) is 0.213. The zero-order chi connectivity index (χ0) is 19.0. The molecular formula is C21H28N2O4. The molecule has 4 fully saturated rings. The Balaban J connectivity index is 1.38. The van der Waals surface area contributed by atoms with E-state index in [1.165, 1.54) is 32.1 Å². The van der Waals surface area contributed by atoms with Crippen molar-refractivity contribution < 1.29 is 19.1 Å². The largest absolute Gasteiger partial charge is 0.497 e. The van der Waals surface area contributed by atoms with Crippen molar-refractivity contribution in [2.45, 2.75) is 37.7 Å². The Labute approximate surface area is 160 Å². The lowest BCUT2D eigenvalue weighted by atomic mass is 9.49. The number of hydrogen-bond donors (Lipinski definition) is 2. The number of benzene rings is 1. The van der Waals surface area contributed by atoms with Gasteiger partial charge in [-0.3, -0.25) is 9.59 Å². The van der Waals surface area contributed by atoms with Crippen LogP contribution in [0.2, 0.25) is 0 Å². The predicted molar refractivity (Wildman–Crippen MR) is 101 cm³/mol. The summed E-state index contributed by atoms with van der Waals surface area (Å²) in [5, 5.41) is 5.47. The number of ether oxygens (including phenoxy) is 2. The van der Waals surface area contributed by atoms with Crippen LogP contribution in [-0.4, -0.2) is 38.2 Å². The highest BCUT2D eigenvalue weighted by Gasteiger charge is 2.57. The lowest BCUT2D eigenvalue weighted by Crippen LogP contribution is -2.63. The van der Waals surface area contributed by atoms with Crippen LogP contribution in [0.3, 0.4) is 0 Å². The molecule has 0 radical (unpaired) electrons. The Kier molecular flexibility index (Phi) is 4.84. The molecule has 4 bridgehead atoms. The van der Waals surface area contributed by atoms with Crippen LogP contribution in [0.15, 0.2) is 24.3 Å². The Hall–Kier alpha value is -2.08. The summed E-state index contributed by atoms with van der Waals surface area (Å²) in [6.07, 6.45) is 6.11. The van der Waals surface area contributed by atoms with Crippen molar-refractivity contribution in [3.63, 3.8) is 0 Å². The van der Waals surface area contributed by atoms with Gasteiger partial charge in [0.1, 0.15) is 5.75 Å². The van der Waals surface area contributed by atoms with E-state index < -0.39 is 11.8 Å². The molecule has 1 aromatic carbocycles. The first kappa shape index (κ1) is 18.3. The summed E-state index contributed by atoms with van der Waals surface area (Å²) < 4.78 is 11.2. The number of carbonyl (C=O) groups is 2. The van der Waals surface area contributed by atoms with Crippen LogP contribution in [0, 0.1) is 23.7 Å². The minimum Gasteiger partial charge on any atom is -0.497 e. The van der Waals surface area contributed by atoms with E-state index in [4.69, 9.17) is 9.47 Å². The molecule has 6 heteroatoms. The number of nitrogens with one attached hydrogen (secondary N) is 2. The first-order valence-corrected chi connectivity index (χ1v) is 9.82. The molecule has 4 aliphatic rings. The number of hydrogen-bond acceptors (Lipinski definition) is 4. The maximum atomic E-state index is 12.4. The smallest absolute Gasteiger partial charge is 0.313 e. The van der Waals surface area contributed by atoms with Crippen molar-refractivity contribution in [3.05, 3.63) is 24.3 Å². The van der Waals surface area contributed by atoms with Crippen LogP contribution in [-0.2, 0) is 14.3 Å². The molecule has 0 saturated heterocycles. The van der Waals surface area contributed by atoms with E-state index >= 15 is 0 Å². The molecular weight excluding hydrogens is 344 g/mol. The van der Waals surface area contributed by atoms with E-state index in [-0.39, 0.29) is 5.60 Å². The van der Waals surface area contributed by atoms with E-state index in [2.05, 4.69) is 10.6 Å². The normalized spacial score (nSPS) is 33.6. The molecule has 1 aromatic rings. The van der Waals surface area contributed by atoms with Crippen molar-refractivity contribution in [2.75, 3.05) is 26.1 Å². The second-order valence-corrected chi connectivity index (χ2v) is 8.33. The average Bonchev–Trinajstić information content (AvgIpc) is 2.67. The van der Waals surface area contributed by atoms with Crippen LogP contribution in [0.4, 0.5) is 5.69 Å². The maximum absolute atomic E-state index is 12.4. The Bertz CT molecular complexity index is 705. The monoisotopic (exact) mass is 372 g/mol. The summed E-state index contributed by atoms with van der Waals surface area (Å²) in [4.78, 5) is 24.7. The second-order valence-electron chi connectivity index (χ2n) is 8.33. The average molecular weight is 372 g/mol. The summed E-state index contributed by atoms with van der Waals surface area (Å²) in [7, 11) is 3.31. The minimum atomic E-state index is -0.668. The van der Waals surface area contributed by atoms with Crippen LogP contribution in [0.25, 0.3) is 0 Å². The lowest BCUT2D eigenvalue weighted by molar-refractivity contribution is -0.188. The molecule has 0 heterocycles. The Morgan fingerprint density at radius 2 is 1.70 bits per heavy atom. The van der Waals surface area contributed by atoms with E-state index in [0.29, 0.717) is 29.8 Å². The topological polar surface area (TPSA) is 76.7 Å². The third-order valence-electron chi connectivity index (χ3n) is 6.96. The SMILES string of the molecule is COc1cccc(NC(=O)C(=O)NCC2(OC)C3CC4CC(C3)CC2C4)c1. The summed E-state index contributed by atoms with van der Waals surface area (Å²) in [5.74, 6) is 1.95. The highest BCUT2D eigenvalue weighted by atomic mass is 16.5. The first-order chi connectivity index (χ1) is 13.0. The van der Waals surface area contributed by atoms with Crippen molar-refractivity contribution in [3.8, 4) is 5.75 Å². The number of methoxy groups -OCH3 is 2. The molecule has 0 spiro atoms. The number of rotatable bonds is 5. The van der Waals surface area contributed by atoms with E-state index in [1.54, 1.807) is 38.5 Å². The molecule has 2 amide bonds. The van der Waals surface area contributed by atoms with Crippen LogP contribution in [0.1, 0.15) is 32.1 Å². The number of amides is 2. The van der Waals surface area contributed by atoms with Crippen LogP contribution < -0.4 is 15.4 Å². The Morgan fingerprint density at radius 1 is 1.04 bits per heavy atom. The van der Waals surface area contributed by atoms with Gasteiger partial charge in [0.15, 0.2) is 0 Å². The van der Waals surface area contributed by atoms with Gasteiger partial charge in [-0.1, -0.05) is 6.07 Å². The fourth-order valence-electron chi connectivity index (χ4n) is 5.86. The van der Waals surface area contributed by atoms with Gasteiger partial charge in [-0.15, -0.1) is 0 Å². The fraction of sp³-hybridized carbons (Fsp3) is 0.619. The molecule has 6 nitrogen and oxygen atoms in total. The van der Waals surface area contributed by atoms with Crippen molar-refractivity contribution in [2.24, 2.45) is 23.7 Å². The van der Waals surface area contributed by atoms with Crippen molar-refractivity contribution in [1.29, 1.82) is 0 Å². The van der Waals surface area contributed by atoms with Crippen molar-refractivity contribution in [1.82, 2.24) is 5.32 Å². The van der Waals surface area contributed by atoms with Crippen LogP contribution in [0.5, 0.6) is 5.75 Å². The highest BCUT2D eigenvalue weighted by Crippen LogP contribution is 2.59. The quantitative estimate of drug-likeness (QED) is 0.779. The molecule has 2 N–H and O–H groups in total. The third kappa shape index (κ3) is 3.31. The molecule has 4 aliphatic carbocycles. The summed E-state index contributed by atoms with van der Waals surface area (Å²) in [6.45, 7) is 0.405. The molecule has 0 aliphatic heterocycles. The van der Waals surface area contributed by atoms with Crippen LogP contribution >= 0.6 is 0 Å². The Morgan fingerprint density at radius 3 is 2.30 bits per heavy atom. The number of anilines is 1. The zero-order valence-electron chi connectivity index (χ0n) is 16.0. The maximum Gasteiger partial charge on any atom is 0.313 e. The lowest BCUT2D eigenvalue weighted by Gasteiger charge is -2.60. The minimum absolute atomic E-state index is 0.320. The van der Waals surface area contributed by atoms with E-state index in [0.717, 1.165) is 11.8 Å². The van der Waals surface area contributed by atoms with Gasteiger partial charge in [-0.05, 0) is 67.9 Å². The molecule has 0 atom stereocenters. The van der Waals surface area contributed by atoms with Gasteiger partial charge in [-0.25, -0.2) is 0 Å². The van der Waals surface area contributed by atoms with Gasteiger partial charge in [-0.2, -0.15) is 0 Å². The van der Waals surface area contributed by atoms with Gasteiger partial charge in [0.2, 0.25) is 0 Å². The molecule has 0 aromatic heterocycles. The third-order valence-corrected chi connectivity index (χ3v) is 6.96. The second kappa shape index (κ2) is 7.15. The van der Waals surface area contributed by atoms with E-state index in [1.807, 2.05) is 0 Å². The molecule has 27 heavy (non-hydrogen) atoms. The predicted octanol–water partition coefficient (Wildman–Crippen LogP) is 2.59. The van der Waals surface area contributed by atoms with Gasteiger partial charge in [0, 0.05) is 25.4 Å². The first-order valence-electron chi connectivity index (χ1n) is 9.82. The van der Waals surface area contributed by atoms with Gasteiger partial charge in [0.25, 0.3) is 0 Å². The molecule has 5 rings (SSSR count). The van der Waals surface area contributed by atoms with Crippen molar-refractivity contribution >= 4 is 17.5 Å². The fourth-order valence-corrected chi connectivity index (χ4v) is 5.86. The number of carbonyl (C=O) groups excluding carboxylic acids is 2. The molecule has 146 valence electrons. The zero-order valence-corrected chi connectivity index (χ0v) is 16.0. The summed E-state index contributed by atoms with van der Waals surface area (Å²) in [6, 6.07) is 6.95. The molecule has 0 unspecified atom stereocenters. The van der Waals surface area contributed by atoms with Gasteiger partial charge < -0.3 is 20.1 Å². The highest BCUT2D eigenvalue weighted by molar-refractivity contribution is 6.39. The van der Waals surface area contributed by atoms with Gasteiger partial charge >= 0.3 is 11.8 Å².